The minimum absolute atomic E-state index is 0.388. The molecule has 0 amide bonds. The highest BCUT2D eigenvalue weighted by molar-refractivity contribution is 6.60. The zero-order chi connectivity index (χ0) is 19.9. The van der Waals surface area contributed by atoms with Crippen LogP contribution in [0.3, 0.4) is 0 Å². The molecule has 6 nitrogen and oxygen atoms in total. The van der Waals surface area contributed by atoms with E-state index < -0.39 is 8.80 Å². The number of rotatable bonds is 11. The predicted molar refractivity (Wildman–Crippen MR) is 109 cm³/mol. The van der Waals surface area contributed by atoms with Crippen molar-refractivity contribution in [2.75, 3.05) is 26.4 Å². The third-order valence-corrected chi connectivity index (χ3v) is 8.32. The number of fused-ring (bicyclic) bond motifs is 1. The Hall–Kier alpha value is -1.12. The lowest BCUT2D eigenvalue weighted by atomic mass is 10.1. The van der Waals surface area contributed by atoms with Gasteiger partial charge in [0.15, 0.2) is 0 Å². The summed E-state index contributed by atoms with van der Waals surface area (Å²) in [5, 5.41) is 0. The number of hydrogen-bond donors (Lipinski definition) is 0. The highest BCUT2D eigenvalue weighted by Crippen LogP contribution is 2.42. The van der Waals surface area contributed by atoms with E-state index in [-0.39, 0.29) is 5.79 Å². The Morgan fingerprint density at radius 2 is 1.68 bits per heavy atom. The first kappa shape index (κ1) is 21.6. The molecule has 0 unspecified atom stereocenters. The Balaban J connectivity index is 1.51. The monoisotopic (exact) mass is 410 g/mol. The molecule has 1 aliphatic carbocycles. The maximum atomic E-state index is 6.16. The number of hydrogen-bond acceptors (Lipinski definition) is 6. The van der Waals surface area contributed by atoms with Crippen LogP contribution in [0.2, 0.25) is 6.04 Å². The molecule has 1 spiro atoms. The molecule has 1 fully saturated rings. The van der Waals surface area contributed by atoms with Crippen molar-refractivity contribution in [3.63, 3.8) is 0 Å². The maximum Gasteiger partial charge on any atom is 0.501 e. The van der Waals surface area contributed by atoms with Crippen molar-refractivity contribution in [1.82, 2.24) is 0 Å². The Kier molecular flexibility index (Phi) is 7.76. The van der Waals surface area contributed by atoms with Gasteiger partial charge < -0.3 is 27.5 Å². The van der Waals surface area contributed by atoms with Gasteiger partial charge in [0.2, 0.25) is 5.79 Å². The van der Waals surface area contributed by atoms with Crippen LogP contribution in [0, 0.1) is 0 Å². The van der Waals surface area contributed by atoms with E-state index in [1.165, 1.54) is 12.8 Å². The first-order chi connectivity index (χ1) is 13.6. The fraction of sp³-hybridized carbons (Fsp3) is 0.714. The Bertz CT molecular complexity index is 600. The van der Waals surface area contributed by atoms with Gasteiger partial charge in [-0.25, -0.2) is 0 Å². The molecule has 7 heteroatoms. The van der Waals surface area contributed by atoms with Gasteiger partial charge >= 0.3 is 8.80 Å². The van der Waals surface area contributed by atoms with E-state index in [4.69, 9.17) is 27.5 Å². The van der Waals surface area contributed by atoms with Gasteiger partial charge in [0.1, 0.15) is 11.5 Å². The Morgan fingerprint density at radius 1 is 1.00 bits per heavy atom. The van der Waals surface area contributed by atoms with E-state index in [9.17, 15) is 0 Å². The molecule has 1 heterocycles. The summed E-state index contributed by atoms with van der Waals surface area (Å²) in [6.07, 6.45) is 5.13. The zero-order valence-corrected chi connectivity index (χ0v) is 18.5. The fourth-order valence-corrected chi connectivity index (χ4v) is 6.52. The SMILES string of the molecule is CCO[Si](CCCOc1ccc2c(c1)COC1(CCCC1)O2)(OCC)OCC. The minimum Gasteiger partial charge on any atom is -0.494 e. The van der Waals surface area contributed by atoms with Crippen LogP contribution in [0.25, 0.3) is 0 Å². The van der Waals surface area contributed by atoms with Gasteiger partial charge in [-0.2, -0.15) is 0 Å². The molecule has 1 aliphatic heterocycles. The normalized spacial score (nSPS) is 18.1. The second kappa shape index (κ2) is 10.1. The first-order valence-electron chi connectivity index (χ1n) is 10.6. The van der Waals surface area contributed by atoms with Crippen LogP contribution in [0.5, 0.6) is 11.5 Å². The topological polar surface area (TPSA) is 55.4 Å². The van der Waals surface area contributed by atoms with Crippen LogP contribution in [0.4, 0.5) is 0 Å². The van der Waals surface area contributed by atoms with Crippen molar-refractivity contribution in [3.8, 4) is 11.5 Å². The molecule has 1 saturated carbocycles. The van der Waals surface area contributed by atoms with Crippen molar-refractivity contribution >= 4 is 8.80 Å². The molecule has 1 aromatic carbocycles. The van der Waals surface area contributed by atoms with Crippen LogP contribution in [-0.2, 0) is 24.6 Å². The number of ether oxygens (including phenoxy) is 3. The molecule has 2 aliphatic rings. The minimum atomic E-state index is -2.60. The van der Waals surface area contributed by atoms with Crippen molar-refractivity contribution in [2.24, 2.45) is 0 Å². The highest BCUT2D eigenvalue weighted by atomic mass is 28.4. The molecule has 0 saturated heterocycles. The molecule has 0 aromatic heterocycles. The summed E-state index contributed by atoms with van der Waals surface area (Å²) in [7, 11) is -2.60. The zero-order valence-electron chi connectivity index (χ0n) is 17.5. The standard InChI is InChI=1S/C21H34O6Si/c1-4-24-28(25-5-2,26-6-3)15-9-14-22-19-10-11-20-18(16-19)17-23-21(27-20)12-7-8-13-21/h10-11,16H,4-9,12-15,17H2,1-3H3. The second-order valence-electron chi connectivity index (χ2n) is 7.21. The molecular formula is C21H34O6Si. The molecule has 3 rings (SSSR count). The summed E-state index contributed by atoms with van der Waals surface area (Å²) in [6, 6.07) is 6.76. The molecule has 1 aromatic rings. The van der Waals surface area contributed by atoms with Crippen LogP contribution in [0.15, 0.2) is 18.2 Å². The summed E-state index contributed by atoms with van der Waals surface area (Å²) < 4.78 is 35.8. The smallest absolute Gasteiger partial charge is 0.494 e. The predicted octanol–water partition coefficient (Wildman–Crippen LogP) is 4.68. The van der Waals surface area contributed by atoms with Crippen LogP contribution in [0.1, 0.15) is 58.4 Å². The van der Waals surface area contributed by atoms with E-state index in [1.807, 2.05) is 39.0 Å². The van der Waals surface area contributed by atoms with Crippen molar-refractivity contribution in [2.45, 2.75) is 71.3 Å². The van der Waals surface area contributed by atoms with Gasteiger partial charge in [-0.1, -0.05) is 0 Å². The molecule has 0 atom stereocenters. The van der Waals surface area contributed by atoms with Crippen molar-refractivity contribution in [1.29, 1.82) is 0 Å². The van der Waals surface area contributed by atoms with Crippen LogP contribution >= 0.6 is 0 Å². The average Bonchev–Trinajstić information content (AvgIpc) is 3.14. The lowest BCUT2D eigenvalue weighted by Gasteiger charge is -2.35. The highest BCUT2D eigenvalue weighted by Gasteiger charge is 2.41. The first-order valence-corrected chi connectivity index (χ1v) is 12.6. The summed E-state index contributed by atoms with van der Waals surface area (Å²) >= 11 is 0. The largest absolute Gasteiger partial charge is 0.501 e. The summed E-state index contributed by atoms with van der Waals surface area (Å²) in [4.78, 5) is 0. The maximum absolute atomic E-state index is 6.16. The summed E-state index contributed by atoms with van der Waals surface area (Å²) in [5.74, 6) is 1.38. The fourth-order valence-electron chi connectivity index (χ4n) is 3.94. The van der Waals surface area contributed by atoms with E-state index >= 15 is 0 Å². The van der Waals surface area contributed by atoms with Gasteiger partial charge in [0.05, 0.1) is 13.2 Å². The van der Waals surface area contributed by atoms with Gasteiger partial charge in [-0.3, -0.25) is 0 Å². The van der Waals surface area contributed by atoms with E-state index in [0.29, 0.717) is 33.0 Å². The van der Waals surface area contributed by atoms with Gasteiger partial charge in [-0.05, 0) is 58.2 Å². The van der Waals surface area contributed by atoms with E-state index in [0.717, 1.165) is 42.4 Å². The van der Waals surface area contributed by atoms with Gasteiger partial charge in [-0.15, -0.1) is 0 Å². The molecular weight excluding hydrogens is 376 g/mol. The molecule has 28 heavy (non-hydrogen) atoms. The molecule has 0 radical (unpaired) electrons. The molecule has 0 N–H and O–H groups in total. The van der Waals surface area contributed by atoms with Gasteiger partial charge in [0, 0.05) is 44.3 Å². The Labute approximate surface area is 169 Å². The lowest BCUT2D eigenvalue weighted by Crippen LogP contribution is -2.46. The average molecular weight is 411 g/mol. The van der Waals surface area contributed by atoms with Crippen molar-refractivity contribution in [3.05, 3.63) is 23.8 Å². The third-order valence-electron chi connectivity index (χ3n) is 5.17. The summed E-state index contributed by atoms with van der Waals surface area (Å²) in [6.45, 7) is 8.89. The third kappa shape index (κ3) is 5.27. The Morgan fingerprint density at radius 3 is 2.32 bits per heavy atom. The quantitative estimate of drug-likeness (QED) is 0.390. The van der Waals surface area contributed by atoms with Crippen LogP contribution < -0.4 is 9.47 Å². The van der Waals surface area contributed by atoms with Crippen LogP contribution in [-0.4, -0.2) is 41.0 Å². The number of benzene rings is 1. The molecule has 0 bridgehead atoms. The second-order valence-corrected chi connectivity index (χ2v) is 9.94. The lowest BCUT2D eigenvalue weighted by molar-refractivity contribution is -0.200. The molecule has 158 valence electrons. The summed E-state index contributed by atoms with van der Waals surface area (Å²) in [5.41, 5.74) is 1.05. The van der Waals surface area contributed by atoms with E-state index in [2.05, 4.69) is 0 Å². The van der Waals surface area contributed by atoms with Crippen molar-refractivity contribution < 1.29 is 27.5 Å². The van der Waals surface area contributed by atoms with E-state index in [1.54, 1.807) is 0 Å². The van der Waals surface area contributed by atoms with Gasteiger partial charge in [0.25, 0.3) is 0 Å².